The summed E-state index contributed by atoms with van der Waals surface area (Å²) in [6.45, 7) is 4.42. The first kappa shape index (κ1) is 17.1. The molecule has 118 valence electrons. The van der Waals surface area contributed by atoms with Gasteiger partial charge < -0.3 is 25.3 Å². The predicted molar refractivity (Wildman–Crippen MR) is 81.2 cm³/mol. The van der Waals surface area contributed by atoms with Crippen LogP contribution in [0.5, 0.6) is 17.2 Å². The fourth-order valence-corrected chi connectivity index (χ4v) is 1.85. The molecule has 21 heavy (non-hydrogen) atoms. The van der Waals surface area contributed by atoms with E-state index in [4.69, 9.17) is 19.9 Å². The molecule has 2 atom stereocenters. The van der Waals surface area contributed by atoms with Gasteiger partial charge in [-0.05, 0) is 31.5 Å². The van der Waals surface area contributed by atoms with E-state index in [1.807, 2.05) is 13.8 Å². The Bertz CT molecular complexity index is 466. The topological polar surface area (TPSA) is 82.8 Å². The predicted octanol–water partition coefficient (Wildman–Crippen LogP) is 1.43. The van der Waals surface area contributed by atoms with Crippen molar-refractivity contribution in [2.75, 3.05) is 27.9 Å². The molecular formula is C15H24N2O4. The van der Waals surface area contributed by atoms with Crippen LogP contribution in [0.25, 0.3) is 0 Å². The molecule has 0 aliphatic rings. The first-order chi connectivity index (χ1) is 9.98. The monoisotopic (exact) mass is 296 g/mol. The summed E-state index contributed by atoms with van der Waals surface area (Å²) in [5.74, 6) is 1.33. The average molecular weight is 296 g/mol. The lowest BCUT2D eigenvalue weighted by atomic mass is 10.0. The smallest absolute Gasteiger partial charge is 0.251 e. The highest BCUT2D eigenvalue weighted by Gasteiger charge is 2.19. The van der Waals surface area contributed by atoms with Crippen LogP contribution in [-0.2, 0) is 0 Å². The van der Waals surface area contributed by atoms with Gasteiger partial charge in [-0.3, -0.25) is 4.79 Å². The van der Waals surface area contributed by atoms with Gasteiger partial charge in [-0.25, -0.2) is 0 Å². The fraction of sp³-hybridized carbons (Fsp3) is 0.533. The third kappa shape index (κ3) is 4.01. The SMILES string of the molecule is COc1cc(C(=O)NC(C)C(C)CN)cc(OC)c1OC. The zero-order chi connectivity index (χ0) is 16.0. The second-order valence-electron chi connectivity index (χ2n) is 4.89. The van der Waals surface area contributed by atoms with Crippen molar-refractivity contribution in [1.29, 1.82) is 0 Å². The van der Waals surface area contributed by atoms with Crippen LogP contribution in [0.4, 0.5) is 0 Å². The number of benzene rings is 1. The van der Waals surface area contributed by atoms with Gasteiger partial charge in [-0.1, -0.05) is 6.92 Å². The number of nitrogens with two attached hydrogens (primary N) is 1. The largest absolute Gasteiger partial charge is 0.493 e. The second kappa shape index (κ2) is 7.73. The number of carbonyl (C=O) groups excluding carboxylic acids is 1. The van der Waals surface area contributed by atoms with E-state index in [0.717, 1.165) is 0 Å². The van der Waals surface area contributed by atoms with Crippen LogP contribution in [0, 0.1) is 5.92 Å². The lowest BCUT2D eigenvalue weighted by molar-refractivity contribution is 0.0928. The molecule has 1 aromatic rings. The van der Waals surface area contributed by atoms with Crippen LogP contribution in [0.2, 0.25) is 0 Å². The summed E-state index contributed by atoms with van der Waals surface area (Å²) in [5, 5.41) is 2.92. The van der Waals surface area contributed by atoms with Gasteiger partial charge in [0.25, 0.3) is 5.91 Å². The van der Waals surface area contributed by atoms with Crippen molar-refractivity contribution < 1.29 is 19.0 Å². The summed E-state index contributed by atoms with van der Waals surface area (Å²) >= 11 is 0. The Morgan fingerprint density at radius 1 is 1.14 bits per heavy atom. The lowest BCUT2D eigenvalue weighted by Gasteiger charge is -2.20. The summed E-state index contributed by atoms with van der Waals surface area (Å²) in [6, 6.07) is 3.22. The molecule has 0 aromatic heterocycles. The minimum absolute atomic E-state index is 0.0263. The number of hydrogen-bond acceptors (Lipinski definition) is 5. The zero-order valence-electron chi connectivity index (χ0n) is 13.2. The molecule has 0 aliphatic carbocycles. The van der Waals surface area contributed by atoms with Crippen LogP contribution in [0.1, 0.15) is 24.2 Å². The molecule has 1 rings (SSSR count). The molecule has 0 radical (unpaired) electrons. The minimum Gasteiger partial charge on any atom is -0.493 e. The number of ether oxygens (including phenoxy) is 3. The van der Waals surface area contributed by atoms with Gasteiger partial charge in [0, 0.05) is 11.6 Å². The van der Waals surface area contributed by atoms with Crippen molar-refractivity contribution in [1.82, 2.24) is 5.32 Å². The van der Waals surface area contributed by atoms with E-state index in [9.17, 15) is 4.79 Å². The third-order valence-corrected chi connectivity index (χ3v) is 3.51. The van der Waals surface area contributed by atoms with E-state index >= 15 is 0 Å². The molecule has 0 saturated carbocycles. The Balaban J connectivity index is 3.05. The molecule has 3 N–H and O–H groups in total. The first-order valence-corrected chi connectivity index (χ1v) is 6.79. The number of rotatable bonds is 7. The zero-order valence-corrected chi connectivity index (χ0v) is 13.2. The normalized spacial score (nSPS) is 13.2. The Morgan fingerprint density at radius 3 is 2.05 bits per heavy atom. The van der Waals surface area contributed by atoms with Crippen molar-refractivity contribution in [2.45, 2.75) is 19.9 Å². The maximum absolute atomic E-state index is 12.3. The average Bonchev–Trinajstić information content (AvgIpc) is 2.51. The number of nitrogens with one attached hydrogen (secondary N) is 1. The Hall–Kier alpha value is -1.95. The van der Waals surface area contributed by atoms with Crippen molar-refractivity contribution >= 4 is 5.91 Å². The minimum atomic E-state index is -0.206. The number of amides is 1. The Morgan fingerprint density at radius 2 is 1.67 bits per heavy atom. The van der Waals surface area contributed by atoms with E-state index in [0.29, 0.717) is 29.4 Å². The van der Waals surface area contributed by atoms with Crippen molar-refractivity contribution in [3.05, 3.63) is 17.7 Å². The van der Waals surface area contributed by atoms with Gasteiger partial charge in [-0.15, -0.1) is 0 Å². The highest BCUT2D eigenvalue weighted by atomic mass is 16.5. The molecule has 0 spiro atoms. The van der Waals surface area contributed by atoms with Crippen LogP contribution >= 0.6 is 0 Å². The molecule has 2 unspecified atom stereocenters. The van der Waals surface area contributed by atoms with Crippen molar-refractivity contribution in [2.24, 2.45) is 11.7 Å². The molecule has 6 heteroatoms. The number of hydrogen-bond donors (Lipinski definition) is 2. The van der Waals surface area contributed by atoms with Gasteiger partial charge in [0.05, 0.1) is 21.3 Å². The molecule has 1 amide bonds. The molecule has 0 heterocycles. The van der Waals surface area contributed by atoms with Gasteiger partial charge in [0.1, 0.15) is 0 Å². The lowest BCUT2D eigenvalue weighted by Crippen LogP contribution is -2.39. The van der Waals surface area contributed by atoms with Gasteiger partial charge in [-0.2, -0.15) is 0 Å². The first-order valence-electron chi connectivity index (χ1n) is 6.79. The molecule has 0 aliphatic heterocycles. The third-order valence-electron chi connectivity index (χ3n) is 3.51. The van der Waals surface area contributed by atoms with Gasteiger partial charge >= 0.3 is 0 Å². The number of methoxy groups -OCH3 is 3. The molecule has 0 fully saturated rings. The summed E-state index contributed by atoms with van der Waals surface area (Å²) < 4.78 is 15.7. The fourth-order valence-electron chi connectivity index (χ4n) is 1.85. The Kier molecular flexibility index (Phi) is 6.30. The standard InChI is InChI=1S/C15H24N2O4/c1-9(8-16)10(2)17-15(18)11-6-12(19-3)14(21-5)13(7-11)20-4/h6-7,9-10H,8,16H2,1-5H3,(H,17,18). The quantitative estimate of drug-likeness (QED) is 0.795. The van der Waals surface area contributed by atoms with Gasteiger partial charge in [0.2, 0.25) is 5.75 Å². The number of carbonyl (C=O) groups is 1. The molecule has 0 saturated heterocycles. The summed E-state index contributed by atoms with van der Waals surface area (Å²) in [4.78, 5) is 12.3. The Labute approximate surface area is 125 Å². The van der Waals surface area contributed by atoms with Crippen molar-refractivity contribution in [3.8, 4) is 17.2 Å². The van der Waals surface area contributed by atoms with E-state index in [2.05, 4.69) is 5.32 Å². The van der Waals surface area contributed by atoms with E-state index in [1.54, 1.807) is 12.1 Å². The van der Waals surface area contributed by atoms with Crippen LogP contribution in [0.3, 0.4) is 0 Å². The van der Waals surface area contributed by atoms with Gasteiger partial charge in [0.15, 0.2) is 11.5 Å². The molecule has 1 aromatic carbocycles. The molecule has 6 nitrogen and oxygen atoms in total. The van der Waals surface area contributed by atoms with E-state index in [-0.39, 0.29) is 17.9 Å². The van der Waals surface area contributed by atoms with Crippen LogP contribution in [-0.4, -0.2) is 39.8 Å². The maximum Gasteiger partial charge on any atom is 0.251 e. The molecule has 0 bridgehead atoms. The highest BCUT2D eigenvalue weighted by molar-refractivity contribution is 5.95. The van der Waals surface area contributed by atoms with E-state index in [1.165, 1.54) is 21.3 Å². The molecular weight excluding hydrogens is 272 g/mol. The van der Waals surface area contributed by atoms with Crippen LogP contribution < -0.4 is 25.3 Å². The second-order valence-corrected chi connectivity index (χ2v) is 4.89. The van der Waals surface area contributed by atoms with E-state index < -0.39 is 0 Å². The van der Waals surface area contributed by atoms with Crippen molar-refractivity contribution in [3.63, 3.8) is 0 Å². The maximum atomic E-state index is 12.3. The summed E-state index contributed by atoms with van der Waals surface area (Å²) in [5.41, 5.74) is 6.05. The van der Waals surface area contributed by atoms with Crippen LogP contribution in [0.15, 0.2) is 12.1 Å². The highest BCUT2D eigenvalue weighted by Crippen LogP contribution is 2.38. The summed E-state index contributed by atoms with van der Waals surface area (Å²) in [6.07, 6.45) is 0. The summed E-state index contributed by atoms with van der Waals surface area (Å²) in [7, 11) is 4.54.